The van der Waals surface area contributed by atoms with Gasteiger partial charge in [0.2, 0.25) is 5.91 Å². The summed E-state index contributed by atoms with van der Waals surface area (Å²) in [5, 5.41) is 13.3. The Morgan fingerprint density at radius 1 is 1.29 bits per heavy atom. The second-order valence-corrected chi connectivity index (χ2v) is 6.72. The number of benzene rings is 1. The maximum atomic E-state index is 13.0. The highest BCUT2D eigenvalue weighted by Crippen LogP contribution is 2.20. The number of tetrazole rings is 1. The highest BCUT2D eigenvalue weighted by Gasteiger charge is 2.26. The molecule has 6 nitrogen and oxygen atoms in total. The quantitative estimate of drug-likeness (QED) is 0.691. The van der Waals surface area contributed by atoms with Crippen LogP contribution in [0.3, 0.4) is 0 Å². The van der Waals surface area contributed by atoms with Gasteiger partial charge in [-0.25, -0.2) is 4.68 Å². The smallest absolute Gasteiger partial charge is 0.247 e. The Labute approximate surface area is 144 Å². The molecule has 3 rings (SSSR count). The van der Waals surface area contributed by atoms with E-state index in [0.717, 1.165) is 5.56 Å². The van der Waals surface area contributed by atoms with Crippen molar-refractivity contribution in [2.45, 2.75) is 25.9 Å². The third-order valence-corrected chi connectivity index (χ3v) is 4.97. The van der Waals surface area contributed by atoms with Gasteiger partial charge in [-0.05, 0) is 39.9 Å². The maximum Gasteiger partial charge on any atom is 0.247 e. The van der Waals surface area contributed by atoms with Crippen molar-refractivity contribution in [1.29, 1.82) is 0 Å². The van der Waals surface area contributed by atoms with Gasteiger partial charge in [0.25, 0.3) is 0 Å². The SMILES string of the molecule is Cc1ccsc1CN(C)C(=O)C(Cc1ccccc1)n1cnnn1. The van der Waals surface area contributed by atoms with Crippen LogP contribution < -0.4 is 0 Å². The summed E-state index contributed by atoms with van der Waals surface area (Å²) in [6, 6.07) is 11.5. The van der Waals surface area contributed by atoms with E-state index in [-0.39, 0.29) is 5.91 Å². The molecule has 24 heavy (non-hydrogen) atoms. The van der Waals surface area contributed by atoms with Crippen LogP contribution in [-0.4, -0.2) is 38.1 Å². The molecular weight excluding hydrogens is 322 g/mol. The fourth-order valence-corrected chi connectivity index (χ4v) is 3.51. The lowest BCUT2D eigenvalue weighted by molar-refractivity contribution is -0.134. The molecular formula is C17H19N5OS. The molecule has 0 bridgehead atoms. The molecule has 2 heterocycles. The first kappa shape index (κ1) is 16.3. The van der Waals surface area contributed by atoms with Crippen molar-refractivity contribution in [3.8, 4) is 0 Å². The Bertz CT molecular complexity index is 784. The zero-order valence-electron chi connectivity index (χ0n) is 13.7. The molecule has 1 amide bonds. The monoisotopic (exact) mass is 341 g/mol. The molecule has 124 valence electrons. The van der Waals surface area contributed by atoms with Gasteiger partial charge in [0.1, 0.15) is 12.4 Å². The van der Waals surface area contributed by atoms with Gasteiger partial charge in [-0.15, -0.1) is 16.4 Å². The third-order valence-electron chi connectivity index (χ3n) is 3.97. The predicted octanol–water partition coefficient (Wildman–Crippen LogP) is 2.49. The molecule has 2 aromatic heterocycles. The Morgan fingerprint density at radius 2 is 2.08 bits per heavy atom. The minimum absolute atomic E-state index is 0.000969. The molecule has 0 aliphatic heterocycles. The lowest BCUT2D eigenvalue weighted by Gasteiger charge is -2.23. The number of likely N-dealkylation sites (N-methyl/N-ethyl adjacent to an activating group) is 1. The van der Waals surface area contributed by atoms with Crippen molar-refractivity contribution in [3.05, 3.63) is 64.1 Å². The molecule has 0 radical (unpaired) electrons. The Morgan fingerprint density at radius 3 is 2.71 bits per heavy atom. The number of carbonyl (C=O) groups is 1. The summed E-state index contributed by atoms with van der Waals surface area (Å²) in [7, 11) is 1.82. The van der Waals surface area contributed by atoms with E-state index in [2.05, 4.69) is 28.5 Å². The largest absolute Gasteiger partial charge is 0.339 e. The van der Waals surface area contributed by atoms with Crippen molar-refractivity contribution in [3.63, 3.8) is 0 Å². The van der Waals surface area contributed by atoms with E-state index in [1.165, 1.54) is 21.4 Å². The molecule has 1 unspecified atom stereocenters. The predicted molar refractivity (Wildman–Crippen MR) is 92.5 cm³/mol. The number of hydrogen-bond acceptors (Lipinski definition) is 5. The molecule has 1 aromatic carbocycles. The van der Waals surface area contributed by atoms with Crippen LogP contribution in [0.15, 0.2) is 48.1 Å². The normalized spacial score (nSPS) is 12.1. The lowest BCUT2D eigenvalue weighted by atomic mass is 10.0. The van der Waals surface area contributed by atoms with Crippen LogP contribution in [0.5, 0.6) is 0 Å². The first-order valence-electron chi connectivity index (χ1n) is 7.69. The van der Waals surface area contributed by atoms with E-state index in [1.807, 2.05) is 42.8 Å². The number of nitrogens with zero attached hydrogens (tertiary/aromatic N) is 5. The summed E-state index contributed by atoms with van der Waals surface area (Å²) in [5.74, 6) is -0.000969. The van der Waals surface area contributed by atoms with E-state index < -0.39 is 6.04 Å². The van der Waals surface area contributed by atoms with Crippen LogP contribution in [0.1, 0.15) is 22.0 Å². The first-order valence-corrected chi connectivity index (χ1v) is 8.57. The second-order valence-electron chi connectivity index (χ2n) is 5.72. The Balaban J connectivity index is 1.79. The van der Waals surface area contributed by atoms with Crippen LogP contribution >= 0.6 is 11.3 Å². The summed E-state index contributed by atoms with van der Waals surface area (Å²) in [4.78, 5) is 15.9. The Hall–Kier alpha value is -2.54. The van der Waals surface area contributed by atoms with Gasteiger partial charge in [-0.1, -0.05) is 30.3 Å². The van der Waals surface area contributed by atoms with Gasteiger partial charge in [0.05, 0.1) is 6.54 Å². The van der Waals surface area contributed by atoms with Gasteiger partial charge in [0.15, 0.2) is 0 Å². The molecule has 0 spiro atoms. The van der Waals surface area contributed by atoms with Crippen molar-refractivity contribution >= 4 is 17.2 Å². The summed E-state index contributed by atoms with van der Waals surface area (Å²) in [5.41, 5.74) is 2.29. The molecule has 0 aliphatic rings. The van der Waals surface area contributed by atoms with Crippen molar-refractivity contribution in [2.24, 2.45) is 0 Å². The molecule has 7 heteroatoms. The third kappa shape index (κ3) is 3.68. The lowest BCUT2D eigenvalue weighted by Crippen LogP contribution is -2.35. The number of rotatable bonds is 6. The number of amides is 1. The van der Waals surface area contributed by atoms with Gasteiger partial charge < -0.3 is 4.90 Å². The molecule has 0 N–H and O–H groups in total. The van der Waals surface area contributed by atoms with Crippen LogP contribution in [0.2, 0.25) is 0 Å². The van der Waals surface area contributed by atoms with E-state index in [0.29, 0.717) is 13.0 Å². The first-order chi connectivity index (χ1) is 11.6. The summed E-state index contributed by atoms with van der Waals surface area (Å²) in [6.45, 7) is 2.66. The minimum Gasteiger partial charge on any atom is -0.339 e. The zero-order valence-corrected chi connectivity index (χ0v) is 14.5. The van der Waals surface area contributed by atoms with Crippen LogP contribution in [0.4, 0.5) is 0 Å². The molecule has 0 aliphatic carbocycles. The second kappa shape index (κ2) is 7.35. The number of hydrogen-bond donors (Lipinski definition) is 0. The van der Waals surface area contributed by atoms with Crippen molar-refractivity contribution in [2.75, 3.05) is 7.05 Å². The molecule has 1 atom stereocenters. The number of carbonyl (C=O) groups excluding carboxylic acids is 1. The zero-order chi connectivity index (χ0) is 16.9. The average molecular weight is 341 g/mol. The minimum atomic E-state index is -0.451. The molecule has 3 aromatic rings. The van der Waals surface area contributed by atoms with E-state index in [9.17, 15) is 4.79 Å². The fourth-order valence-electron chi connectivity index (χ4n) is 2.56. The number of aromatic nitrogens is 4. The fraction of sp³-hybridized carbons (Fsp3) is 0.294. The van der Waals surface area contributed by atoms with E-state index in [4.69, 9.17) is 0 Å². The Kier molecular flexibility index (Phi) is 5.00. The molecule has 0 saturated heterocycles. The molecule has 0 fully saturated rings. The summed E-state index contributed by atoms with van der Waals surface area (Å²) < 4.78 is 1.53. The van der Waals surface area contributed by atoms with Gasteiger partial charge >= 0.3 is 0 Å². The van der Waals surface area contributed by atoms with Gasteiger partial charge in [-0.2, -0.15) is 0 Å². The average Bonchev–Trinajstić information content (AvgIpc) is 3.25. The molecule has 0 saturated carbocycles. The van der Waals surface area contributed by atoms with E-state index >= 15 is 0 Å². The van der Waals surface area contributed by atoms with Crippen LogP contribution in [-0.2, 0) is 17.8 Å². The highest BCUT2D eigenvalue weighted by atomic mass is 32.1. The summed E-state index contributed by atoms with van der Waals surface area (Å²) >= 11 is 1.67. The maximum absolute atomic E-state index is 13.0. The van der Waals surface area contributed by atoms with Crippen LogP contribution in [0.25, 0.3) is 0 Å². The van der Waals surface area contributed by atoms with E-state index in [1.54, 1.807) is 16.2 Å². The van der Waals surface area contributed by atoms with Gasteiger partial charge in [0, 0.05) is 18.3 Å². The number of thiophene rings is 1. The van der Waals surface area contributed by atoms with Gasteiger partial charge in [-0.3, -0.25) is 4.79 Å². The van der Waals surface area contributed by atoms with Crippen LogP contribution in [0, 0.1) is 6.92 Å². The standard InChI is InChI=1S/C17H19N5OS/c1-13-8-9-24-16(13)11-21(2)17(23)15(22-12-18-19-20-22)10-14-6-4-3-5-7-14/h3-9,12,15H,10-11H2,1-2H3. The highest BCUT2D eigenvalue weighted by molar-refractivity contribution is 7.10. The number of aryl methyl sites for hydroxylation is 1. The van der Waals surface area contributed by atoms with Crippen molar-refractivity contribution < 1.29 is 4.79 Å². The topological polar surface area (TPSA) is 63.9 Å². The summed E-state index contributed by atoms with van der Waals surface area (Å²) in [6.07, 6.45) is 2.05. The van der Waals surface area contributed by atoms with Crippen molar-refractivity contribution in [1.82, 2.24) is 25.1 Å².